The second-order valence-electron chi connectivity index (χ2n) is 5.89. The summed E-state index contributed by atoms with van der Waals surface area (Å²) in [6.45, 7) is 0.200. The van der Waals surface area contributed by atoms with Crippen molar-refractivity contribution in [2.75, 3.05) is 13.1 Å². The molecular weight excluding hydrogens is 404 g/mol. The zero-order valence-electron chi connectivity index (χ0n) is 13.8. The molecule has 0 fully saturated rings. The maximum atomic E-state index is 12.3. The van der Waals surface area contributed by atoms with Crippen molar-refractivity contribution in [2.24, 2.45) is 0 Å². The lowest BCUT2D eigenvalue weighted by Gasteiger charge is -2.14. The fourth-order valence-corrected chi connectivity index (χ4v) is 3.11. The van der Waals surface area contributed by atoms with Gasteiger partial charge in [0.1, 0.15) is 11.9 Å². The van der Waals surface area contributed by atoms with E-state index in [-0.39, 0.29) is 37.2 Å². The maximum Gasteiger partial charge on any atom is 0.261 e. The minimum Gasteiger partial charge on any atom is -0.467 e. The van der Waals surface area contributed by atoms with Gasteiger partial charge >= 0.3 is 0 Å². The van der Waals surface area contributed by atoms with Crippen LogP contribution in [0.3, 0.4) is 0 Å². The Morgan fingerprint density at radius 3 is 2.73 bits per heavy atom. The number of nitrogens with one attached hydrogen (secondary N) is 1. The molecule has 0 radical (unpaired) electrons. The van der Waals surface area contributed by atoms with E-state index in [1.165, 1.54) is 6.26 Å². The van der Waals surface area contributed by atoms with Crippen LogP contribution in [0.25, 0.3) is 0 Å². The van der Waals surface area contributed by atoms with Crippen LogP contribution in [0.1, 0.15) is 45.4 Å². The second-order valence-corrected chi connectivity index (χ2v) is 6.81. The highest BCUT2D eigenvalue weighted by atomic mass is 79.9. The molecule has 7 nitrogen and oxygen atoms in total. The number of aliphatic hydroxyl groups is 1. The molecule has 136 valence electrons. The van der Waals surface area contributed by atoms with Crippen LogP contribution in [0, 0.1) is 0 Å². The zero-order valence-corrected chi connectivity index (χ0v) is 15.4. The zero-order chi connectivity index (χ0) is 18.7. The summed E-state index contributed by atoms with van der Waals surface area (Å²) < 4.78 is 5.78. The lowest BCUT2D eigenvalue weighted by molar-refractivity contribution is -0.121. The summed E-state index contributed by atoms with van der Waals surface area (Å²) in [6.07, 6.45) is 1.02. The van der Waals surface area contributed by atoms with E-state index in [0.29, 0.717) is 23.3 Å². The SMILES string of the molecule is O=C(CCCN1C(=O)c2ccc(Br)cc2C1=O)NCC(O)c1ccco1. The molecule has 2 aromatic rings. The van der Waals surface area contributed by atoms with Gasteiger partial charge in [-0.05, 0) is 36.8 Å². The first-order chi connectivity index (χ1) is 12.5. The number of aliphatic hydroxyl groups excluding tert-OH is 1. The summed E-state index contributed by atoms with van der Waals surface area (Å²) in [7, 11) is 0. The van der Waals surface area contributed by atoms with Gasteiger partial charge in [-0.3, -0.25) is 19.3 Å². The lowest BCUT2D eigenvalue weighted by atomic mass is 10.1. The number of carbonyl (C=O) groups excluding carboxylic acids is 3. The molecular formula is C18H17BrN2O5. The quantitative estimate of drug-likeness (QED) is 0.669. The summed E-state index contributed by atoms with van der Waals surface area (Å²) in [5.74, 6) is -0.580. The van der Waals surface area contributed by atoms with Gasteiger partial charge in [-0.1, -0.05) is 15.9 Å². The molecule has 1 aromatic heterocycles. The maximum absolute atomic E-state index is 12.3. The monoisotopic (exact) mass is 420 g/mol. The molecule has 0 spiro atoms. The molecule has 1 atom stereocenters. The minimum atomic E-state index is -0.913. The van der Waals surface area contributed by atoms with Gasteiger partial charge < -0.3 is 14.8 Å². The third kappa shape index (κ3) is 3.86. The van der Waals surface area contributed by atoms with E-state index in [1.54, 1.807) is 30.3 Å². The number of nitrogens with zero attached hydrogens (tertiary/aromatic N) is 1. The number of benzene rings is 1. The average Bonchev–Trinajstić information content (AvgIpc) is 3.23. The van der Waals surface area contributed by atoms with Crippen LogP contribution >= 0.6 is 15.9 Å². The van der Waals surface area contributed by atoms with Crippen LogP contribution in [0.2, 0.25) is 0 Å². The number of hydrogen-bond donors (Lipinski definition) is 2. The van der Waals surface area contributed by atoms with E-state index in [1.807, 2.05) is 0 Å². The van der Waals surface area contributed by atoms with Crippen molar-refractivity contribution in [2.45, 2.75) is 18.9 Å². The number of amides is 3. The number of imide groups is 1. The van der Waals surface area contributed by atoms with Crippen molar-refractivity contribution >= 4 is 33.7 Å². The summed E-state index contributed by atoms with van der Waals surface area (Å²) in [5.41, 5.74) is 0.750. The molecule has 0 bridgehead atoms. The third-order valence-corrected chi connectivity index (χ3v) is 4.58. The molecule has 1 unspecified atom stereocenters. The van der Waals surface area contributed by atoms with Gasteiger partial charge in [0.25, 0.3) is 11.8 Å². The van der Waals surface area contributed by atoms with Gasteiger partial charge in [-0.25, -0.2) is 0 Å². The lowest BCUT2D eigenvalue weighted by Crippen LogP contribution is -2.32. The molecule has 0 saturated heterocycles. The number of hydrogen-bond acceptors (Lipinski definition) is 5. The standard InChI is InChI=1S/C18H17BrN2O5/c19-11-5-6-12-13(9-11)18(25)21(17(12)24)7-1-4-16(23)20-10-14(22)15-3-2-8-26-15/h2-3,5-6,8-9,14,22H,1,4,7,10H2,(H,20,23). The topological polar surface area (TPSA) is 99.9 Å². The Hall–Kier alpha value is -2.45. The first kappa shape index (κ1) is 18.3. The molecule has 8 heteroatoms. The van der Waals surface area contributed by atoms with Gasteiger partial charge in [0.2, 0.25) is 5.91 Å². The first-order valence-corrected chi connectivity index (χ1v) is 8.90. The van der Waals surface area contributed by atoms with E-state index in [4.69, 9.17) is 4.42 Å². The Balaban J connectivity index is 1.46. The Bertz CT molecular complexity index is 834. The van der Waals surface area contributed by atoms with Crippen molar-refractivity contribution in [3.05, 3.63) is 58.0 Å². The van der Waals surface area contributed by atoms with Crippen LogP contribution in [0.4, 0.5) is 0 Å². The molecule has 1 aliphatic rings. The highest BCUT2D eigenvalue weighted by Gasteiger charge is 2.35. The highest BCUT2D eigenvalue weighted by Crippen LogP contribution is 2.26. The van der Waals surface area contributed by atoms with E-state index in [2.05, 4.69) is 21.2 Å². The number of fused-ring (bicyclic) bond motifs is 1. The molecule has 2 N–H and O–H groups in total. The number of rotatable bonds is 7. The molecule has 3 amide bonds. The predicted octanol–water partition coefficient (Wildman–Crippen LogP) is 2.27. The molecule has 1 aromatic carbocycles. The van der Waals surface area contributed by atoms with Crippen LogP contribution in [0.15, 0.2) is 45.5 Å². The van der Waals surface area contributed by atoms with Gasteiger partial charge in [-0.15, -0.1) is 0 Å². The van der Waals surface area contributed by atoms with Crippen molar-refractivity contribution in [3.8, 4) is 0 Å². The highest BCUT2D eigenvalue weighted by molar-refractivity contribution is 9.10. The predicted molar refractivity (Wildman–Crippen MR) is 95.4 cm³/mol. The molecule has 0 aliphatic carbocycles. The third-order valence-electron chi connectivity index (χ3n) is 4.08. The van der Waals surface area contributed by atoms with Crippen LogP contribution in [-0.2, 0) is 4.79 Å². The first-order valence-electron chi connectivity index (χ1n) is 8.11. The molecule has 2 heterocycles. The summed E-state index contributed by atoms with van der Waals surface area (Å²) in [5, 5.41) is 12.4. The van der Waals surface area contributed by atoms with Gasteiger partial charge in [0, 0.05) is 17.4 Å². The largest absolute Gasteiger partial charge is 0.467 e. The van der Waals surface area contributed by atoms with E-state index in [9.17, 15) is 19.5 Å². The Kier molecular flexibility index (Phi) is 5.53. The fraction of sp³-hybridized carbons (Fsp3) is 0.278. The number of carbonyl (C=O) groups is 3. The summed E-state index contributed by atoms with van der Waals surface area (Å²) >= 11 is 3.29. The minimum absolute atomic E-state index is 0.0351. The number of furan rings is 1. The molecule has 26 heavy (non-hydrogen) atoms. The van der Waals surface area contributed by atoms with E-state index >= 15 is 0 Å². The Labute approximate surface area is 158 Å². The van der Waals surface area contributed by atoms with Crippen molar-refractivity contribution in [1.29, 1.82) is 0 Å². The summed E-state index contributed by atoms with van der Waals surface area (Å²) in [4.78, 5) is 37.6. The van der Waals surface area contributed by atoms with Crippen LogP contribution in [-0.4, -0.2) is 40.8 Å². The van der Waals surface area contributed by atoms with E-state index in [0.717, 1.165) is 9.37 Å². The second kappa shape index (κ2) is 7.84. The number of halogens is 1. The molecule has 1 aliphatic heterocycles. The van der Waals surface area contributed by atoms with Crippen molar-refractivity contribution < 1.29 is 23.9 Å². The molecule has 0 saturated carbocycles. The Morgan fingerprint density at radius 2 is 2.00 bits per heavy atom. The fourth-order valence-electron chi connectivity index (χ4n) is 2.74. The van der Waals surface area contributed by atoms with E-state index < -0.39 is 6.10 Å². The van der Waals surface area contributed by atoms with Crippen molar-refractivity contribution in [3.63, 3.8) is 0 Å². The molecule has 3 rings (SSSR count). The summed E-state index contributed by atoms with van der Waals surface area (Å²) in [6, 6.07) is 8.23. The van der Waals surface area contributed by atoms with Gasteiger partial charge in [-0.2, -0.15) is 0 Å². The average molecular weight is 421 g/mol. The van der Waals surface area contributed by atoms with Gasteiger partial charge in [0.15, 0.2) is 0 Å². The normalized spacial score (nSPS) is 14.5. The smallest absolute Gasteiger partial charge is 0.261 e. The van der Waals surface area contributed by atoms with Crippen LogP contribution in [0.5, 0.6) is 0 Å². The van der Waals surface area contributed by atoms with Gasteiger partial charge in [0.05, 0.1) is 23.9 Å². The Morgan fingerprint density at radius 1 is 1.23 bits per heavy atom. The van der Waals surface area contributed by atoms with Crippen molar-refractivity contribution in [1.82, 2.24) is 10.2 Å². The van der Waals surface area contributed by atoms with Crippen LogP contribution < -0.4 is 5.32 Å².